The zero-order chi connectivity index (χ0) is 14.3. The zero-order valence-electron chi connectivity index (χ0n) is 11.1. The average molecular weight is 376 g/mol. The Morgan fingerprint density at radius 1 is 1.16 bits per heavy atom. The number of rotatable bonds is 6. The molecule has 0 saturated heterocycles. The molecule has 0 N–H and O–H groups in total. The molecule has 0 aliphatic carbocycles. The lowest BCUT2D eigenvalue weighted by Gasteiger charge is -2.07. The van der Waals surface area contributed by atoms with Crippen LogP contribution in [0, 0.1) is 3.57 Å². The number of aryl methyl sites for hydroxylation is 1. The van der Waals surface area contributed by atoms with Gasteiger partial charge in [0.2, 0.25) is 0 Å². The Hall–Kier alpha value is -1.11. The summed E-state index contributed by atoms with van der Waals surface area (Å²) in [4.78, 5) is 23.0. The first-order chi connectivity index (χ1) is 9.08. The normalized spacial score (nSPS) is 10.1. The third-order valence-electron chi connectivity index (χ3n) is 2.46. The summed E-state index contributed by atoms with van der Waals surface area (Å²) >= 11 is 2.19. The lowest BCUT2D eigenvalue weighted by atomic mass is 10.1. The Bertz CT molecular complexity index is 457. The van der Waals surface area contributed by atoms with Crippen LogP contribution in [0.4, 0.5) is 0 Å². The van der Waals surface area contributed by atoms with E-state index in [0.717, 1.165) is 9.13 Å². The van der Waals surface area contributed by atoms with Crippen LogP contribution in [0.2, 0.25) is 0 Å². The maximum absolute atomic E-state index is 11.6. The molecule has 0 aromatic heterocycles. The topological polar surface area (TPSA) is 52.6 Å². The van der Waals surface area contributed by atoms with E-state index in [-0.39, 0.29) is 11.9 Å². The SMILES string of the molecule is CCOC(=O)CCc1cc(C(=O)OCC)ccc1I. The molecular formula is C14H17IO4. The van der Waals surface area contributed by atoms with Crippen molar-refractivity contribution in [1.82, 2.24) is 0 Å². The van der Waals surface area contributed by atoms with Crippen molar-refractivity contribution in [2.45, 2.75) is 26.7 Å². The lowest BCUT2D eigenvalue weighted by molar-refractivity contribution is -0.143. The van der Waals surface area contributed by atoms with Gasteiger partial charge in [0.05, 0.1) is 18.8 Å². The predicted octanol–water partition coefficient (Wildman–Crippen LogP) is 2.96. The van der Waals surface area contributed by atoms with Gasteiger partial charge in [0.25, 0.3) is 0 Å². The molecule has 1 aromatic rings. The van der Waals surface area contributed by atoms with Gasteiger partial charge in [0.15, 0.2) is 0 Å². The lowest BCUT2D eigenvalue weighted by Crippen LogP contribution is -2.08. The van der Waals surface area contributed by atoms with Crippen molar-refractivity contribution < 1.29 is 19.1 Å². The number of carbonyl (C=O) groups is 2. The highest BCUT2D eigenvalue weighted by molar-refractivity contribution is 14.1. The minimum Gasteiger partial charge on any atom is -0.466 e. The van der Waals surface area contributed by atoms with E-state index >= 15 is 0 Å². The molecule has 19 heavy (non-hydrogen) atoms. The maximum atomic E-state index is 11.6. The molecule has 1 aromatic carbocycles. The van der Waals surface area contributed by atoms with Gasteiger partial charge in [0, 0.05) is 9.99 Å². The minimum absolute atomic E-state index is 0.222. The number of ether oxygens (including phenoxy) is 2. The highest BCUT2D eigenvalue weighted by Crippen LogP contribution is 2.17. The van der Waals surface area contributed by atoms with Crippen molar-refractivity contribution in [3.05, 3.63) is 32.9 Å². The number of benzene rings is 1. The van der Waals surface area contributed by atoms with Crippen molar-refractivity contribution in [3.63, 3.8) is 0 Å². The fourth-order valence-corrected chi connectivity index (χ4v) is 2.18. The van der Waals surface area contributed by atoms with Crippen LogP contribution in [-0.4, -0.2) is 25.2 Å². The summed E-state index contributed by atoms with van der Waals surface area (Å²) in [5.41, 5.74) is 1.47. The largest absolute Gasteiger partial charge is 0.466 e. The van der Waals surface area contributed by atoms with Crippen LogP contribution in [0.5, 0.6) is 0 Å². The molecule has 0 aliphatic rings. The molecule has 4 nitrogen and oxygen atoms in total. The Kier molecular flexibility index (Phi) is 6.83. The molecule has 1 rings (SSSR count). The molecule has 0 saturated carbocycles. The van der Waals surface area contributed by atoms with Crippen LogP contribution >= 0.6 is 22.6 Å². The molecule has 0 heterocycles. The minimum atomic E-state index is -0.337. The monoisotopic (exact) mass is 376 g/mol. The van der Waals surface area contributed by atoms with E-state index in [2.05, 4.69) is 22.6 Å². The summed E-state index contributed by atoms with van der Waals surface area (Å²) in [5.74, 6) is -0.559. The van der Waals surface area contributed by atoms with E-state index in [1.807, 2.05) is 6.07 Å². The molecule has 0 atom stereocenters. The number of halogens is 1. The van der Waals surface area contributed by atoms with Gasteiger partial charge in [0.1, 0.15) is 0 Å². The molecule has 0 radical (unpaired) electrons. The molecule has 0 spiro atoms. The molecule has 0 unspecified atom stereocenters. The number of hydrogen-bond acceptors (Lipinski definition) is 4. The van der Waals surface area contributed by atoms with Gasteiger partial charge in [-0.15, -0.1) is 0 Å². The molecule has 5 heteroatoms. The number of esters is 2. The highest BCUT2D eigenvalue weighted by Gasteiger charge is 2.11. The number of carbonyl (C=O) groups excluding carboxylic acids is 2. The Morgan fingerprint density at radius 3 is 2.47 bits per heavy atom. The standard InChI is InChI=1S/C14H17IO4/c1-3-18-13(16)8-6-10-9-11(5-7-12(10)15)14(17)19-4-2/h5,7,9H,3-4,6,8H2,1-2H3. The van der Waals surface area contributed by atoms with Gasteiger partial charge in [-0.3, -0.25) is 4.79 Å². The van der Waals surface area contributed by atoms with E-state index < -0.39 is 0 Å². The first kappa shape index (κ1) is 15.9. The van der Waals surface area contributed by atoms with Crippen molar-refractivity contribution in [2.75, 3.05) is 13.2 Å². The summed E-state index contributed by atoms with van der Waals surface area (Å²) in [6.45, 7) is 4.29. The highest BCUT2D eigenvalue weighted by atomic mass is 127. The van der Waals surface area contributed by atoms with Gasteiger partial charge in [-0.25, -0.2) is 4.79 Å². The van der Waals surface area contributed by atoms with Crippen LogP contribution in [-0.2, 0) is 20.7 Å². The zero-order valence-corrected chi connectivity index (χ0v) is 13.2. The molecule has 0 amide bonds. The van der Waals surface area contributed by atoms with Crippen LogP contribution in [0.25, 0.3) is 0 Å². The van der Waals surface area contributed by atoms with Crippen molar-refractivity contribution in [1.29, 1.82) is 0 Å². The molecule has 0 fully saturated rings. The van der Waals surface area contributed by atoms with Crippen LogP contribution in [0.1, 0.15) is 36.2 Å². The fourth-order valence-electron chi connectivity index (χ4n) is 1.58. The van der Waals surface area contributed by atoms with Crippen LogP contribution < -0.4 is 0 Å². The number of hydrogen-bond donors (Lipinski definition) is 0. The molecule has 0 bridgehead atoms. The first-order valence-electron chi connectivity index (χ1n) is 6.19. The fraction of sp³-hybridized carbons (Fsp3) is 0.429. The Labute approximate surface area is 126 Å². The van der Waals surface area contributed by atoms with Gasteiger partial charge in [-0.05, 0) is 66.6 Å². The van der Waals surface area contributed by atoms with Crippen molar-refractivity contribution in [3.8, 4) is 0 Å². The Morgan fingerprint density at radius 2 is 1.84 bits per heavy atom. The van der Waals surface area contributed by atoms with E-state index in [4.69, 9.17) is 9.47 Å². The second-order valence-electron chi connectivity index (χ2n) is 3.83. The summed E-state index contributed by atoms with van der Waals surface area (Å²) in [6.07, 6.45) is 0.875. The van der Waals surface area contributed by atoms with Gasteiger partial charge in [-0.1, -0.05) is 0 Å². The molecule has 104 valence electrons. The van der Waals surface area contributed by atoms with Gasteiger partial charge >= 0.3 is 11.9 Å². The van der Waals surface area contributed by atoms with Crippen molar-refractivity contribution >= 4 is 34.5 Å². The maximum Gasteiger partial charge on any atom is 0.338 e. The third kappa shape index (κ3) is 5.18. The van der Waals surface area contributed by atoms with E-state index in [1.54, 1.807) is 26.0 Å². The molecular weight excluding hydrogens is 359 g/mol. The quantitative estimate of drug-likeness (QED) is 0.566. The van der Waals surface area contributed by atoms with Crippen LogP contribution in [0.3, 0.4) is 0 Å². The third-order valence-corrected chi connectivity index (χ3v) is 3.51. The smallest absolute Gasteiger partial charge is 0.338 e. The second kappa shape index (κ2) is 8.14. The summed E-state index contributed by atoms with van der Waals surface area (Å²) in [6, 6.07) is 5.36. The first-order valence-corrected chi connectivity index (χ1v) is 7.27. The van der Waals surface area contributed by atoms with E-state index in [1.165, 1.54) is 0 Å². The van der Waals surface area contributed by atoms with Gasteiger partial charge < -0.3 is 9.47 Å². The predicted molar refractivity (Wildman–Crippen MR) is 80.1 cm³/mol. The Balaban J connectivity index is 2.74. The summed E-state index contributed by atoms with van der Waals surface area (Å²) in [7, 11) is 0. The summed E-state index contributed by atoms with van der Waals surface area (Å²) < 4.78 is 10.9. The van der Waals surface area contributed by atoms with E-state index in [9.17, 15) is 9.59 Å². The van der Waals surface area contributed by atoms with Crippen molar-refractivity contribution in [2.24, 2.45) is 0 Å². The summed E-state index contributed by atoms with van der Waals surface area (Å²) in [5, 5.41) is 0. The van der Waals surface area contributed by atoms with Gasteiger partial charge in [-0.2, -0.15) is 0 Å². The van der Waals surface area contributed by atoms with E-state index in [0.29, 0.717) is 31.6 Å². The second-order valence-corrected chi connectivity index (χ2v) is 4.99. The van der Waals surface area contributed by atoms with Crippen LogP contribution in [0.15, 0.2) is 18.2 Å². The average Bonchev–Trinajstić information content (AvgIpc) is 2.38. The molecule has 0 aliphatic heterocycles.